The first-order chi connectivity index (χ1) is 14.9. The van der Waals surface area contributed by atoms with Crippen molar-refractivity contribution in [1.29, 1.82) is 0 Å². The molecule has 0 atom stereocenters. The molecule has 7 heteroatoms. The van der Waals surface area contributed by atoms with Gasteiger partial charge in [-0.1, -0.05) is 25.4 Å². The van der Waals surface area contributed by atoms with Crippen molar-refractivity contribution >= 4 is 34.6 Å². The minimum atomic E-state index is -0.169. The first kappa shape index (κ1) is 20.2. The lowest BCUT2D eigenvalue weighted by Gasteiger charge is -2.19. The highest BCUT2D eigenvalue weighted by molar-refractivity contribution is 6.35. The van der Waals surface area contributed by atoms with Crippen LogP contribution in [-0.2, 0) is 12.8 Å². The summed E-state index contributed by atoms with van der Waals surface area (Å²) in [6.07, 6.45) is 4.98. The molecule has 31 heavy (non-hydrogen) atoms. The lowest BCUT2D eigenvalue weighted by atomic mass is 10.00. The zero-order valence-corrected chi connectivity index (χ0v) is 18.8. The molecule has 0 saturated heterocycles. The summed E-state index contributed by atoms with van der Waals surface area (Å²) in [4.78, 5) is 29.5. The summed E-state index contributed by atoms with van der Waals surface area (Å²) in [5.41, 5.74) is 6.27. The van der Waals surface area contributed by atoms with Gasteiger partial charge in [0, 0.05) is 39.0 Å². The second-order valence-corrected chi connectivity index (χ2v) is 8.90. The van der Waals surface area contributed by atoms with Crippen LogP contribution < -0.4 is 5.32 Å². The molecule has 0 fully saturated rings. The molecule has 6 nitrogen and oxygen atoms in total. The largest absolute Gasteiger partial charge is 0.367 e. The number of rotatable bonds is 5. The van der Waals surface area contributed by atoms with Crippen LogP contribution in [0.5, 0.6) is 0 Å². The number of carbonyl (C=O) groups excluding carboxylic acids is 2. The Morgan fingerprint density at radius 2 is 1.81 bits per heavy atom. The fraction of sp³-hybridized carbons (Fsp3) is 0.417. The fourth-order valence-electron chi connectivity index (χ4n) is 4.85. The molecule has 3 aromatic rings. The summed E-state index contributed by atoms with van der Waals surface area (Å²) in [6, 6.07) is 3.73. The molecule has 2 heterocycles. The highest BCUT2D eigenvalue weighted by Gasteiger charge is 2.31. The maximum absolute atomic E-state index is 12.3. The number of nitrogens with one attached hydrogen (secondary N) is 1. The average molecular weight is 437 g/mol. The number of Topliss-reactive ketones (excluding diaryl/α,β-unsaturated/α-hetero) is 2. The molecule has 160 valence electrons. The van der Waals surface area contributed by atoms with Gasteiger partial charge in [-0.05, 0) is 51.2 Å². The van der Waals surface area contributed by atoms with E-state index in [4.69, 9.17) is 21.7 Å². The summed E-state index contributed by atoms with van der Waals surface area (Å²) in [7, 11) is 0. The normalized spacial score (nSPS) is 15.3. The zero-order valence-electron chi connectivity index (χ0n) is 18.0. The third kappa shape index (κ3) is 3.07. The van der Waals surface area contributed by atoms with Gasteiger partial charge in [-0.25, -0.2) is 4.98 Å². The van der Waals surface area contributed by atoms with E-state index in [-0.39, 0.29) is 18.0 Å². The predicted molar refractivity (Wildman–Crippen MR) is 121 cm³/mol. The Balaban J connectivity index is 1.75. The number of hydrogen-bond acceptors (Lipinski definition) is 5. The minimum Gasteiger partial charge on any atom is -0.367 e. The number of aryl methyl sites for hydroxylation is 2. The van der Waals surface area contributed by atoms with Crippen molar-refractivity contribution in [3.63, 3.8) is 0 Å². The SMILES string of the molecule is CCC(CC)Nc1c2c(nc3c(-c4cc5c(cc4Cl)C(=O)CC5=O)c(C)nn13)CCC2. The van der Waals surface area contributed by atoms with Crippen LogP contribution in [0.25, 0.3) is 16.8 Å². The Hall–Kier alpha value is -2.73. The third-order valence-corrected chi connectivity index (χ3v) is 6.90. The second-order valence-electron chi connectivity index (χ2n) is 8.49. The molecule has 0 aliphatic heterocycles. The highest BCUT2D eigenvalue weighted by atomic mass is 35.5. The lowest BCUT2D eigenvalue weighted by molar-refractivity contribution is 0.0923. The van der Waals surface area contributed by atoms with Crippen LogP contribution in [0.1, 0.15) is 77.2 Å². The van der Waals surface area contributed by atoms with E-state index in [1.54, 1.807) is 12.1 Å². The van der Waals surface area contributed by atoms with E-state index in [0.717, 1.165) is 60.5 Å². The van der Waals surface area contributed by atoms with Crippen LogP contribution in [0.2, 0.25) is 5.02 Å². The predicted octanol–water partition coefficient (Wildman–Crippen LogP) is 5.22. The van der Waals surface area contributed by atoms with Crippen molar-refractivity contribution in [2.75, 3.05) is 5.32 Å². The Morgan fingerprint density at radius 3 is 2.52 bits per heavy atom. The Bertz CT molecular complexity index is 1260. The summed E-state index contributed by atoms with van der Waals surface area (Å²) in [5, 5.41) is 8.99. The average Bonchev–Trinajstić information content (AvgIpc) is 3.41. The molecule has 0 saturated carbocycles. The number of nitrogens with zero attached hydrogens (tertiary/aromatic N) is 3. The van der Waals surface area contributed by atoms with Crippen molar-refractivity contribution in [2.24, 2.45) is 0 Å². The molecular weight excluding hydrogens is 412 g/mol. The Labute approximate surface area is 186 Å². The molecule has 2 aliphatic carbocycles. The van der Waals surface area contributed by atoms with Crippen LogP contribution in [0.3, 0.4) is 0 Å². The van der Waals surface area contributed by atoms with Crippen molar-refractivity contribution in [3.8, 4) is 11.1 Å². The number of fused-ring (bicyclic) bond motifs is 3. The van der Waals surface area contributed by atoms with Gasteiger partial charge in [0.1, 0.15) is 5.82 Å². The van der Waals surface area contributed by atoms with E-state index >= 15 is 0 Å². The van der Waals surface area contributed by atoms with Crippen molar-refractivity contribution in [2.45, 2.75) is 65.3 Å². The number of aromatic nitrogens is 3. The Morgan fingerprint density at radius 1 is 1.10 bits per heavy atom. The monoisotopic (exact) mass is 436 g/mol. The first-order valence-corrected chi connectivity index (χ1v) is 11.4. The third-order valence-electron chi connectivity index (χ3n) is 6.59. The van der Waals surface area contributed by atoms with Crippen LogP contribution in [0.15, 0.2) is 12.1 Å². The number of anilines is 1. The molecule has 5 rings (SSSR count). The maximum Gasteiger partial charge on any atom is 0.171 e. The smallest absolute Gasteiger partial charge is 0.171 e. The minimum absolute atomic E-state index is 0.0852. The van der Waals surface area contributed by atoms with E-state index in [9.17, 15) is 9.59 Å². The molecule has 1 aromatic carbocycles. The van der Waals surface area contributed by atoms with E-state index in [1.165, 1.54) is 5.56 Å². The maximum atomic E-state index is 12.3. The molecule has 0 amide bonds. The van der Waals surface area contributed by atoms with Crippen LogP contribution in [-0.4, -0.2) is 32.2 Å². The van der Waals surface area contributed by atoms with Gasteiger partial charge in [-0.3, -0.25) is 9.59 Å². The molecule has 0 radical (unpaired) electrons. The van der Waals surface area contributed by atoms with Crippen LogP contribution >= 0.6 is 11.6 Å². The van der Waals surface area contributed by atoms with E-state index in [1.807, 2.05) is 11.4 Å². The van der Waals surface area contributed by atoms with Crippen molar-refractivity contribution in [1.82, 2.24) is 14.6 Å². The topological polar surface area (TPSA) is 76.4 Å². The molecule has 1 N–H and O–H groups in total. The highest BCUT2D eigenvalue weighted by Crippen LogP contribution is 2.40. The van der Waals surface area contributed by atoms with Crippen molar-refractivity contribution in [3.05, 3.63) is 45.2 Å². The zero-order chi connectivity index (χ0) is 21.9. The van der Waals surface area contributed by atoms with E-state index in [0.29, 0.717) is 27.8 Å². The number of carbonyl (C=O) groups is 2. The first-order valence-electron chi connectivity index (χ1n) is 11.0. The molecule has 0 unspecified atom stereocenters. The fourth-order valence-corrected chi connectivity index (χ4v) is 5.11. The molecule has 2 aromatic heterocycles. The second kappa shape index (κ2) is 7.45. The molecular formula is C24H25ClN4O2. The standard InChI is InChI=1S/C24H25ClN4O2/c1-4-13(5-2)26-23-14-7-6-8-19(14)27-24-22(12(3)28-29(23)24)17-9-15-16(10-18(17)25)21(31)11-20(15)30/h9-10,13,26H,4-8,11H2,1-3H3. The lowest BCUT2D eigenvalue weighted by Crippen LogP contribution is -2.21. The summed E-state index contributed by atoms with van der Waals surface area (Å²) in [5.74, 6) is 0.693. The van der Waals surface area contributed by atoms with Gasteiger partial charge in [0.25, 0.3) is 0 Å². The van der Waals surface area contributed by atoms with Gasteiger partial charge < -0.3 is 5.32 Å². The quantitative estimate of drug-likeness (QED) is 0.555. The molecule has 2 aliphatic rings. The molecule has 0 bridgehead atoms. The van der Waals surface area contributed by atoms with E-state index in [2.05, 4.69) is 19.2 Å². The van der Waals surface area contributed by atoms with Crippen LogP contribution in [0, 0.1) is 6.92 Å². The summed E-state index contributed by atoms with van der Waals surface area (Å²) < 4.78 is 1.91. The number of ketones is 2. The Kier molecular flexibility index (Phi) is 4.85. The van der Waals surface area contributed by atoms with Gasteiger partial charge in [-0.15, -0.1) is 0 Å². The van der Waals surface area contributed by atoms with E-state index < -0.39 is 0 Å². The number of hydrogen-bond donors (Lipinski definition) is 1. The molecule has 0 spiro atoms. The number of benzene rings is 1. The summed E-state index contributed by atoms with van der Waals surface area (Å²) >= 11 is 6.63. The van der Waals surface area contributed by atoms with Crippen molar-refractivity contribution < 1.29 is 9.59 Å². The van der Waals surface area contributed by atoms with Gasteiger partial charge in [0.05, 0.1) is 17.7 Å². The van der Waals surface area contributed by atoms with Gasteiger partial charge >= 0.3 is 0 Å². The number of halogens is 1. The van der Waals surface area contributed by atoms with Gasteiger partial charge in [0.2, 0.25) is 0 Å². The van der Waals surface area contributed by atoms with Crippen LogP contribution in [0.4, 0.5) is 5.82 Å². The van der Waals surface area contributed by atoms with Gasteiger partial charge in [0.15, 0.2) is 17.2 Å². The van der Waals surface area contributed by atoms with Gasteiger partial charge in [-0.2, -0.15) is 9.61 Å². The summed E-state index contributed by atoms with van der Waals surface area (Å²) in [6.45, 7) is 6.30.